The maximum Gasteiger partial charge on any atom is 0.131 e. The van der Waals surface area contributed by atoms with Gasteiger partial charge < -0.3 is 14.8 Å². The largest absolute Gasteiger partial charge is 0.497 e. The zero-order valence-electron chi connectivity index (χ0n) is 10.8. The van der Waals surface area contributed by atoms with Gasteiger partial charge in [0, 0.05) is 12.1 Å². The summed E-state index contributed by atoms with van der Waals surface area (Å²) in [6.07, 6.45) is 0. The molecule has 0 radical (unpaired) electrons. The molecule has 19 heavy (non-hydrogen) atoms. The summed E-state index contributed by atoms with van der Waals surface area (Å²) in [6.45, 7) is 0.577. The van der Waals surface area contributed by atoms with Crippen LogP contribution in [0, 0.1) is 0 Å². The molecule has 1 N–H and O–H groups in total. The van der Waals surface area contributed by atoms with E-state index < -0.39 is 0 Å². The van der Waals surface area contributed by atoms with Crippen molar-refractivity contribution in [3.63, 3.8) is 0 Å². The number of anilines is 1. The number of benzene rings is 1. The number of hydrogen-bond donors (Lipinski definition) is 1. The Hall–Kier alpha value is -1.94. The predicted octanol–water partition coefficient (Wildman–Crippen LogP) is 3.36. The number of aromatic nitrogens is 1. The Morgan fingerprint density at radius 1 is 1.16 bits per heavy atom. The summed E-state index contributed by atoms with van der Waals surface area (Å²) in [5.74, 6) is 2.31. The molecule has 0 aliphatic carbocycles. The van der Waals surface area contributed by atoms with Gasteiger partial charge in [-0.2, -0.15) is 0 Å². The van der Waals surface area contributed by atoms with E-state index in [1.807, 2.05) is 30.3 Å². The van der Waals surface area contributed by atoms with Crippen LogP contribution in [0.25, 0.3) is 0 Å². The highest BCUT2D eigenvalue weighted by Gasteiger charge is 2.05. The van der Waals surface area contributed by atoms with Gasteiger partial charge in [-0.25, -0.2) is 4.98 Å². The van der Waals surface area contributed by atoms with Crippen LogP contribution < -0.4 is 14.8 Å². The number of halogens is 1. The number of ether oxygens (including phenoxy) is 2. The minimum absolute atomic E-state index is 0.461. The quantitative estimate of drug-likeness (QED) is 0.852. The molecule has 0 unspecified atom stereocenters. The van der Waals surface area contributed by atoms with E-state index in [1.54, 1.807) is 20.3 Å². The van der Waals surface area contributed by atoms with E-state index in [-0.39, 0.29) is 0 Å². The van der Waals surface area contributed by atoms with Gasteiger partial charge in [-0.3, -0.25) is 0 Å². The summed E-state index contributed by atoms with van der Waals surface area (Å²) in [5.41, 5.74) is 0.989. The topological polar surface area (TPSA) is 43.4 Å². The van der Waals surface area contributed by atoms with E-state index in [9.17, 15) is 0 Å². The molecule has 0 saturated heterocycles. The molecule has 0 bridgehead atoms. The second-order valence-corrected chi connectivity index (χ2v) is 4.26. The first-order chi connectivity index (χ1) is 9.22. The predicted molar refractivity (Wildman–Crippen MR) is 76.1 cm³/mol. The van der Waals surface area contributed by atoms with Gasteiger partial charge in [-0.1, -0.05) is 17.7 Å². The van der Waals surface area contributed by atoms with Gasteiger partial charge in [0.15, 0.2) is 0 Å². The summed E-state index contributed by atoms with van der Waals surface area (Å²) >= 11 is 5.84. The first kappa shape index (κ1) is 13.5. The van der Waals surface area contributed by atoms with Crippen molar-refractivity contribution in [3.05, 3.63) is 47.1 Å². The summed E-state index contributed by atoms with van der Waals surface area (Å²) < 4.78 is 10.5. The summed E-state index contributed by atoms with van der Waals surface area (Å²) in [6, 6.07) is 11.1. The zero-order valence-corrected chi connectivity index (χ0v) is 11.6. The van der Waals surface area contributed by atoms with Crippen LogP contribution in [0.2, 0.25) is 5.15 Å². The molecule has 1 aromatic carbocycles. The van der Waals surface area contributed by atoms with Crippen LogP contribution >= 0.6 is 11.6 Å². The van der Waals surface area contributed by atoms with Gasteiger partial charge in [0.1, 0.15) is 22.5 Å². The molecular weight excluding hydrogens is 264 g/mol. The van der Waals surface area contributed by atoms with Crippen LogP contribution in [0.15, 0.2) is 36.4 Å². The Bertz CT molecular complexity index is 561. The highest BCUT2D eigenvalue weighted by atomic mass is 35.5. The van der Waals surface area contributed by atoms with Gasteiger partial charge in [0.25, 0.3) is 0 Å². The fourth-order valence-electron chi connectivity index (χ4n) is 1.71. The maximum absolute atomic E-state index is 5.84. The number of pyridine rings is 1. The average molecular weight is 279 g/mol. The van der Waals surface area contributed by atoms with E-state index >= 15 is 0 Å². The van der Waals surface area contributed by atoms with Crippen LogP contribution in [0.4, 0.5) is 5.82 Å². The Balaban J connectivity index is 2.14. The molecule has 0 amide bonds. The lowest BCUT2D eigenvalue weighted by Gasteiger charge is -2.11. The molecule has 0 saturated carbocycles. The maximum atomic E-state index is 5.84. The molecule has 0 aliphatic rings. The molecule has 2 rings (SSSR count). The van der Waals surface area contributed by atoms with Crippen LogP contribution in [0.3, 0.4) is 0 Å². The van der Waals surface area contributed by atoms with E-state index in [0.29, 0.717) is 11.7 Å². The second-order valence-electron chi connectivity index (χ2n) is 3.88. The third-order valence-corrected chi connectivity index (χ3v) is 2.87. The number of rotatable bonds is 5. The summed E-state index contributed by atoms with van der Waals surface area (Å²) in [7, 11) is 3.28. The molecule has 2 aromatic rings. The summed E-state index contributed by atoms with van der Waals surface area (Å²) in [4.78, 5) is 4.17. The van der Waals surface area contributed by atoms with Crippen molar-refractivity contribution < 1.29 is 9.47 Å². The van der Waals surface area contributed by atoms with Crippen molar-refractivity contribution in [1.29, 1.82) is 0 Å². The Kier molecular flexibility index (Phi) is 4.47. The molecule has 0 spiro atoms. The smallest absolute Gasteiger partial charge is 0.131 e. The minimum Gasteiger partial charge on any atom is -0.497 e. The lowest BCUT2D eigenvalue weighted by molar-refractivity contribution is 0.399. The first-order valence-electron chi connectivity index (χ1n) is 5.80. The van der Waals surface area contributed by atoms with Gasteiger partial charge in [0.2, 0.25) is 0 Å². The lowest BCUT2D eigenvalue weighted by Crippen LogP contribution is -2.03. The molecule has 0 atom stereocenters. The van der Waals surface area contributed by atoms with Crippen molar-refractivity contribution in [2.24, 2.45) is 0 Å². The molecule has 5 heteroatoms. The van der Waals surface area contributed by atoms with E-state index in [2.05, 4.69) is 10.3 Å². The number of methoxy groups -OCH3 is 2. The van der Waals surface area contributed by atoms with Crippen molar-refractivity contribution >= 4 is 17.4 Å². The van der Waals surface area contributed by atoms with E-state index in [4.69, 9.17) is 21.1 Å². The number of nitrogens with one attached hydrogen (secondary N) is 1. The highest BCUT2D eigenvalue weighted by molar-refractivity contribution is 6.29. The zero-order chi connectivity index (χ0) is 13.7. The fraction of sp³-hybridized carbons (Fsp3) is 0.214. The second kappa shape index (κ2) is 6.29. The molecule has 4 nitrogen and oxygen atoms in total. The molecular formula is C14H15ClN2O2. The fourth-order valence-corrected chi connectivity index (χ4v) is 1.88. The number of nitrogens with zero attached hydrogens (tertiary/aromatic N) is 1. The average Bonchev–Trinajstić information content (AvgIpc) is 2.45. The highest BCUT2D eigenvalue weighted by Crippen LogP contribution is 2.24. The molecule has 1 heterocycles. The van der Waals surface area contributed by atoms with E-state index in [1.165, 1.54) is 0 Å². The standard InChI is InChI=1S/C14H15ClN2O2/c1-18-11-6-7-12(19-2)10(8-11)9-16-14-5-3-4-13(15)17-14/h3-8H,9H2,1-2H3,(H,16,17). The normalized spacial score (nSPS) is 10.1. The molecule has 100 valence electrons. The SMILES string of the molecule is COc1ccc(OC)c(CNc2cccc(Cl)n2)c1. The van der Waals surface area contributed by atoms with Crippen molar-refractivity contribution in [2.45, 2.75) is 6.54 Å². The minimum atomic E-state index is 0.461. The van der Waals surface area contributed by atoms with Gasteiger partial charge >= 0.3 is 0 Å². The first-order valence-corrected chi connectivity index (χ1v) is 6.18. The Morgan fingerprint density at radius 3 is 2.68 bits per heavy atom. The summed E-state index contributed by atoms with van der Waals surface area (Å²) in [5, 5.41) is 3.66. The third-order valence-electron chi connectivity index (χ3n) is 2.66. The molecule has 0 fully saturated rings. The molecule has 0 aliphatic heterocycles. The van der Waals surface area contributed by atoms with Gasteiger partial charge in [-0.05, 0) is 30.3 Å². The monoisotopic (exact) mass is 278 g/mol. The van der Waals surface area contributed by atoms with E-state index in [0.717, 1.165) is 22.9 Å². The van der Waals surface area contributed by atoms with Crippen molar-refractivity contribution in [3.8, 4) is 11.5 Å². The van der Waals surface area contributed by atoms with Gasteiger partial charge in [0.05, 0.1) is 14.2 Å². The third kappa shape index (κ3) is 3.51. The Morgan fingerprint density at radius 2 is 2.00 bits per heavy atom. The van der Waals surface area contributed by atoms with Crippen LogP contribution in [-0.4, -0.2) is 19.2 Å². The van der Waals surface area contributed by atoms with Gasteiger partial charge in [-0.15, -0.1) is 0 Å². The van der Waals surface area contributed by atoms with Crippen molar-refractivity contribution in [1.82, 2.24) is 4.98 Å². The molecule has 1 aromatic heterocycles. The lowest BCUT2D eigenvalue weighted by atomic mass is 10.2. The van der Waals surface area contributed by atoms with Crippen LogP contribution in [0.1, 0.15) is 5.56 Å². The van der Waals surface area contributed by atoms with Crippen molar-refractivity contribution in [2.75, 3.05) is 19.5 Å². The Labute approximate surface area is 117 Å². The van der Waals surface area contributed by atoms with Crippen LogP contribution in [0.5, 0.6) is 11.5 Å². The number of hydrogen-bond acceptors (Lipinski definition) is 4. The van der Waals surface area contributed by atoms with Crippen LogP contribution in [-0.2, 0) is 6.54 Å².